The van der Waals surface area contributed by atoms with Crippen LogP contribution >= 0.6 is 0 Å². The van der Waals surface area contributed by atoms with Crippen molar-refractivity contribution >= 4 is 34.4 Å². The lowest BCUT2D eigenvalue weighted by Crippen LogP contribution is -2.36. The van der Waals surface area contributed by atoms with Crippen LogP contribution in [0.2, 0.25) is 0 Å². The van der Waals surface area contributed by atoms with E-state index in [0.29, 0.717) is 24.5 Å². The van der Waals surface area contributed by atoms with E-state index in [1.807, 2.05) is 69.2 Å². The lowest BCUT2D eigenvalue weighted by molar-refractivity contribution is 0.246. The first kappa shape index (κ1) is 22.8. The zero-order chi connectivity index (χ0) is 23.4. The molecule has 1 aromatic heterocycles. The fraction of sp³-hybridized carbons (Fsp3) is 0.423. The maximum Gasteiger partial charge on any atom is 0.319 e. The van der Waals surface area contributed by atoms with Gasteiger partial charge in [-0.3, -0.25) is 0 Å². The van der Waals surface area contributed by atoms with Gasteiger partial charge in [0.15, 0.2) is 0 Å². The summed E-state index contributed by atoms with van der Waals surface area (Å²) in [6.07, 6.45) is 4.21. The van der Waals surface area contributed by atoms with Crippen molar-refractivity contribution in [1.82, 2.24) is 15.3 Å². The SMILES string of the molecule is Cc1cccc(C)c1NC(=O)NCC1CCC(Nc2nc(N(C)C)c3ccccc3n2)CC1. The molecule has 0 radical (unpaired) electrons. The summed E-state index contributed by atoms with van der Waals surface area (Å²) in [6, 6.07) is 14.4. The summed E-state index contributed by atoms with van der Waals surface area (Å²) >= 11 is 0. The number of carbonyl (C=O) groups excluding carboxylic acids is 1. The van der Waals surface area contributed by atoms with E-state index in [0.717, 1.165) is 59.2 Å². The third-order valence-electron chi connectivity index (χ3n) is 6.46. The molecule has 0 bridgehead atoms. The van der Waals surface area contributed by atoms with Crippen LogP contribution in [0.1, 0.15) is 36.8 Å². The van der Waals surface area contributed by atoms with Gasteiger partial charge in [-0.05, 0) is 68.7 Å². The zero-order valence-corrected chi connectivity index (χ0v) is 20.0. The van der Waals surface area contributed by atoms with Gasteiger partial charge in [-0.15, -0.1) is 0 Å². The van der Waals surface area contributed by atoms with Crippen LogP contribution in [0.25, 0.3) is 10.9 Å². The Labute approximate surface area is 196 Å². The minimum absolute atomic E-state index is 0.131. The minimum Gasteiger partial charge on any atom is -0.362 e. The number of aryl methyl sites for hydroxylation is 2. The number of carbonyl (C=O) groups is 1. The first-order valence-corrected chi connectivity index (χ1v) is 11.7. The van der Waals surface area contributed by atoms with E-state index in [1.54, 1.807) is 0 Å². The van der Waals surface area contributed by atoms with E-state index in [2.05, 4.69) is 22.0 Å². The molecule has 0 spiro atoms. The second-order valence-corrected chi connectivity index (χ2v) is 9.25. The first-order chi connectivity index (χ1) is 15.9. The van der Waals surface area contributed by atoms with Crippen molar-refractivity contribution in [1.29, 1.82) is 0 Å². The maximum atomic E-state index is 12.4. The Balaban J connectivity index is 1.28. The van der Waals surface area contributed by atoms with Crippen molar-refractivity contribution in [3.05, 3.63) is 53.6 Å². The number of urea groups is 1. The van der Waals surface area contributed by atoms with Crippen molar-refractivity contribution in [3.8, 4) is 0 Å². The minimum atomic E-state index is -0.131. The highest BCUT2D eigenvalue weighted by Crippen LogP contribution is 2.28. The molecule has 0 saturated heterocycles. The maximum absolute atomic E-state index is 12.4. The Morgan fingerprint density at radius 2 is 1.67 bits per heavy atom. The molecule has 0 unspecified atom stereocenters. The number of hydrogen-bond acceptors (Lipinski definition) is 5. The molecule has 3 aromatic rings. The summed E-state index contributed by atoms with van der Waals surface area (Å²) in [7, 11) is 4.01. The Kier molecular flexibility index (Phi) is 6.96. The molecule has 7 heteroatoms. The predicted octanol–water partition coefficient (Wildman–Crippen LogP) is 5.11. The number of aromatic nitrogens is 2. The molecular formula is C26H34N6O. The largest absolute Gasteiger partial charge is 0.362 e. The molecule has 4 rings (SSSR count). The summed E-state index contributed by atoms with van der Waals surface area (Å²) in [4.78, 5) is 23.9. The Morgan fingerprint density at radius 3 is 2.36 bits per heavy atom. The molecule has 1 saturated carbocycles. The number of hydrogen-bond donors (Lipinski definition) is 3. The summed E-state index contributed by atoms with van der Waals surface area (Å²) in [5, 5.41) is 10.7. The molecule has 33 heavy (non-hydrogen) atoms. The topological polar surface area (TPSA) is 82.2 Å². The van der Waals surface area contributed by atoms with E-state index >= 15 is 0 Å². The summed E-state index contributed by atoms with van der Waals surface area (Å²) in [6.45, 7) is 4.72. The van der Waals surface area contributed by atoms with Crippen molar-refractivity contribution in [2.75, 3.05) is 36.2 Å². The number of nitrogens with one attached hydrogen (secondary N) is 3. The number of para-hydroxylation sites is 2. The Morgan fingerprint density at radius 1 is 0.970 bits per heavy atom. The van der Waals surface area contributed by atoms with Gasteiger partial charge in [0.2, 0.25) is 5.95 Å². The normalized spacial score (nSPS) is 18.1. The molecule has 2 aromatic carbocycles. The summed E-state index contributed by atoms with van der Waals surface area (Å²) in [5.41, 5.74) is 4.00. The van der Waals surface area contributed by atoms with Crippen LogP contribution in [0.5, 0.6) is 0 Å². The number of benzene rings is 2. The third kappa shape index (κ3) is 5.53. The van der Waals surface area contributed by atoms with Gasteiger partial charge in [0, 0.05) is 37.8 Å². The Bertz CT molecular complexity index is 1100. The highest BCUT2D eigenvalue weighted by Gasteiger charge is 2.23. The van der Waals surface area contributed by atoms with Crippen LogP contribution < -0.4 is 20.9 Å². The van der Waals surface area contributed by atoms with Crippen LogP contribution in [-0.4, -0.2) is 42.7 Å². The molecule has 0 aliphatic heterocycles. The second kappa shape index (κ2) is 10.1. The molecule has 7 nitrogen and oxygen atoms in total. The van der Waals surface area contributed by atoms with E-state index < -0.39 is 0 Å². The van der Waals surface area contributed by atoms with Gasteiger partial charge in [-0.1, -0.05) is 30.3 Å². The molecule has 3 N–H and O–H groups in total. The zero-order valence-electron chi connectivity index (χ0n) is 20.0. The average Bonchev–Trinajstić information content (AvgIpc) is 2.80. The first-order valence-electron chi connectivity index (χ1n) is 11.7. The van der Waals surface area contributed by atoms with Gasteiger partial charge >= 0.3 is 6.03 Å². The molecule has 1 aliphatic carbocycles. The van der Waals surface area contributed by atoms with Crippen LogP contribution in [0.4, 0.5) is 22.2 Å². The van der Waals surface area contributed by atoms with Crippen LogP contribution in [0.15, 0.2) is 42.5 Å². The van der Waals surface area contributed by atoms with Gasteiger partial charge in [-0.25, -0.2) is 9.78 Å². The fourth-order valence-corrected chi connectivity index (χ4v) is 4.57. The molecule has 2 amide bonds. The lowest BCUT2D eigenvalue weighted by Gasteiger charge is -2.29. The quantitative estimate of drug-likeness (QED) is 0.490. The third-order valence-corrected chi connectivity index (χ3v) is 6.46. The number of anilines is 3. The summed E-state index contributed by atoms with van der Waals surface area (Å²) in [5.74, 6) is 2.10. The van der Waals surface area contributed by atoms with Gasteiger partial charge in [0.1, 0.15) is 5.82 Å². The van der Waals surface area contributed by atoms with E-state index in [9.17, 15) is 4.79 Å². The van der Waals surface area contributed by atoms with Gasteiger partial charge < -0.3 is 20.9 Å². The molecule has 0 atom stereocenters. The van der Waals surface area contributed by atoms with Gasteiger partial charge in [0.25, 0.3) is 0 Å². The van der Waals surface area contributed by atoms with Crippen molar-refractivity contribution in [2.45, 2.75) is 45.6 Å². The smallest absolute Gasteiger partial charge is 0.319 e. The molecule has 174 valence electrons. The van der Waals surface area contributed by atoms with Crippen LogP contribution in [0, 0.1) is 19.8 Å². The monoisotopic (exact) mass is 446 g/mol. The highest BCUT2D eigenvalue weighted by molar-refractivity contribution is 5.91. The predicted molar refractivity (Wildman–Crippen MR) is 136 cm³/mol. The Hall–Kier alpha value is -3.35. The van der Waals surface area contributed by atoms with Crippen molar-refractivity contribution in [3.63, 3.8) is 0 Å². The van der Waals surface area contributed by atoms with Gasteiger partial charge in [-0.2, -0.15) is 4.98 Å². The van der Waals surface area contributed by atoms with Gasteiger partial charge in [0.05, 0.1) is 5.52 Å². The van der Waals surface area contributed by atoms with E-state index in [-0.39, 0.29) is 6.03 Å². The van der Waals surface area contributed by atoms with Crippen LogP contribution in [-0.2, 0) is 0 Å². The van der Waals surface area contributed by atoms with E-state index in [1.165, 1.54) is 0 Å². The molecule has 1 aliphatic rings. The lowest BCUT2D eigenvalue weighted by atomic mass is 9.86. The number of nitrogens with zero attached hydrogens (tertiary/aromatic N) is 3. The molecular weight excluding hydrogens is 412 g/mol. The molecule has 1 heterocycles. The second-order valence-electron chi connectivity index (χ2n) is 9.25. The number of rotatable bonds is 6. The average molecular weight is 447 g/mol. The number of amides is 2. The summed E-state index contributed by atoms with van der Waals surface area (Å²) < 4.78 is 0. The number of fused-ring (bicyclic) bond motifs is 1. The standard InChI is InChI=1S/C26H34N6O/c1-17-8-7-9-18(2)23(17)30-26(33)27-16-19-12-14-20(15-13-19)28-25-29-22-11-6-5-10-21(22)24(31-25)32(3)4/h5-11,19-20H,12-16H2,1-4H3,(H2,27,30,33)(H,28,29,31). The highest BCUT2D eigenvalue weighted by atomic mass is 16.2. The van der Waals surface area contributed by atoms with Crippen LogP contribution in [0.3, 0.4) is 0 Å². The van der Waals surface area contributed by atoms with Crippen molar-refractivity contribution < 1.29 is 4.79 Å². The van der Waals surface area contributed by atoms with E-state index in [4.69, 9.17) is 9.97 Å². The fourth-order valence-electron chi connectivity index (χ4n) is 4.57. The molecule has 1 fully saturated rings. The van der Waals surface area contributed by atoms with Crippen molar-refractivity contribution in [2.24, 2.45) is 5.92 Å².